The van der Waals surface area contributed by atoms with E-state index >= 15 is 0 Å². The van der Waals surface area contributed by atoms with Crippen molar-refractivity contribution < 1.29 is 4.42 Å². The second-order valence-corrected chi connectivity index (χ2v) is 7.11. The smallest absolute Gasteiger partial charge is 0.161 e. The summed E-state index contributed by atoms with van der Waals surface area (Å²) in [5, 5.41) is 1.07. The molecule has 1 aliphatic heterocycles. The average Bonchev–Trinajstić information content (AvgIpc) is 3.12. The molecule has 0 saturated carbocycles. The van der Waals surface area contributed by atoms with Gasteiger partial charge in [0.25, 0.3) is 0 Å². The fourth-order valence-electron chi connectivity index (χ4n) is 4.04. The summed E-state index contributed by atoms with van der Waals surface area (Å²) in [5.41, 5.74) is 8.47. The maximum atomic E-state index is 6.31. The van der Waals surface area contributed by atoms with Crippen LogP contribution < -0.4 is 9.80 Å². The first-order chi connectivity index (χ1) is 12.6. The summed E-state index contributed by atoms with van der Waals surface area (Å²) in [6.45, 7) is 6.39. The number of hydrogen-bond acceptors (Lipinski definition) is 4. The molecule has 0 amide bonds. The van der Waals surface area contributed by atoms with Crippen LogP contribution in [-0.4, -0.2) is 18.2 Å². The van der Waals surface area contributed by atoms with Crippen LogP contribution in [0.1, 0.15) is 18.2 Å². The molecule has 26 heavy (non-hydrogen) atoms. The van der Waals surface area contributed by atoms with Crippen molar-refractivity contribution in [3.63, 3.8) is 0 Å². The van der Waals surface area contributed by atoms with Gasteiger partial charge in [-0.3, -0.25) is 0 Å². The zero-order valence-corrected chi connectivity index (χ0v) is 15.4. The predicted molar refractivity (Wildman–Crippen MR) is 107 cm³/mol. The van der Waals surface area contributed by atoms with Gasteiger partial charge in [0.15, 0.2) is 11.2 Å². The first kappa shape index (κ1) is 15.3. The summed E-state index contributed by atoms with van der Waals surface area (Å²) >= 11 is 0. The van der Waals surface area contributed by atoms with E-state index in [1.165, 1.54) is 16.9 Å². The Morgan fingerprint density at radius 2 is 1.73 bits per heavy atom. The minimum absolute atomic E-state index is 0.208. The second-order valence-electron chi connectivity index (χ2n) is 7.11. The fourth-order valence-corrected chi connectivity index (χ4v) is 4.04. The van der Waals surface area contributed by atoms with Gasteiger partial charge in [-0.05, 0) is 56.7 Å². The van der Waals surface area contributed by atoms with Crippen molar-refractivity contribution in [2.24, 2.45) is 0 Å². The fraction of sp³-hybridized carbons (Fsp3) is 0.227. The largest absolute Gasteiger partial charge is 0.452 e. The summed E-state index contributed by atoms with van der Waals surface area (Å²) in [5.74, 6) is 0. The summed E-state index contributed by atoms with van der Waals surface area (Å²) in [7, 11) is 2.14. The second kappa shape index (κ2) is 5.24. The molecule has 0 saturated heterocycles. The summed E-state index contributed by atoms with van der Waals surface area (Å²) in [6, 6.07) is 16.9. The molecule has 2 aromatic heterocycles. The molecule has 0 aliphatic carbocycles. The third-order valence-electron chi connectivity index (χ3n) is 5.49. The maximum absolute atomic E-state index is 6.31. The number of hydrogen-bond donors (Lipinski definition) is 0. The van der Waals surface area contributed by atoms with Gasteiger partial charge in [0.1, 0.15) is 11.7 Å². The van der Waals surface area contributed by atoms with Crippen molar-refractivity contribution in [3.05, 3.63) is 59.8 Å². The first-order valence-corrected chi connectivity index (χ1v) is 8.97. The van der Waals surface area contributed by atoms with Crippen LogP contribution in [-0.2, 0) is 0 Å². The van der Waals surface area contributed by atoms with Crippen molar-refractivity contribution in [2.75, 3.05) is 16.8 Å². The molecule has 4 aromatic rings. The molecule has 0 N–H and O–H groups in total. The number of anilines is 3. The third kappa shape index (κ3) is 1.93. The Kier molecular flexibility index (Phi) is 3.08. The predicted octanol–water partition coefficient (Wildman–Crippen LogP) is 5.53. The molecule has 4 nitrogen and oxygen atoms in total. The maximum Gasteiger partial charge on any atom is 0.161 e. The molecule has 1 aliphatic rings. The molecule has 0 unspecified atom stereocenters. The molecule has 1 atom stereocenters. The van der Waals surface area contributed by atoms with Crippen LogP contribution in [0.5, 0.6) is 0 Å². The van der Waals surface area contributed by atoms with E-state index < -0.39 is 0 Å². The average molecular weight is 343 g/mol. The van der Waals surface area contributed by atoms with Crippen molar-refractivity contribution in [1.82, 2.24) is 4.98 Å². The summed E-state index contributed by atoms with van der Waals surface area (Å²) in [6.07, 6.45) is 0.208. The molecular formula is C22H21N3O. The lowest BCUT2D eigenvalue weighted by Crippen LogP contribution is -2.36. The van der Waals surface area contributed by atoms with Crippen LogP contribution >= 0.6 is 0 Å². The third-order valence-corrected chi connectivity index (χ3v) is 5.49. The van der Waals surface area contributed by atoms with Gasteiger partial charge < -0.3 is 14.2 Å². The lowest BCUT2D eigenvalue weighted by Gasteiger charge is -2.29. The number of rotatable bonds is 1. The number of nitrogens with zero attached hydrogens (tertiary/aromatic N) is 3. The number of benzene rings is 2. The van der Waals surface area contributed by atoms with E-state index in [0.717, 1.165) is 33.5 Å². The standard InChI is InChI=1S/C22H21N3O/c1-13-9-11-16-20-19(12-10-14(2)23-20)26-22(16)21(13)25-15(3)24(4)17-7-5-6-8-18(17)25/h5-12,15H,1-4H3/t15-/m0/s1. The van der Waals surface area contributed by atoms with Gasteiger partial charge in [0.2, 0.25) is 0 Å². The van der Waals surface area contributed by atoms with Gasteiger partial charge >= 0.3 is 0 Å². The van der Waals surface area contributed by atoms with E-state index in [0.29, 0.717) is 0 Å². The normalized spacial score (nSPS) is 16.7. The van der Waals surface area contributed by atoms with Crippen LogP contribution in [0.15, 0.2) is 52.9 Å². The Balaban J connectivity index is 1.85. The Morgan fingerprint density at radius 3 is 2.54 bits per heavy atom. The van der Waals surface area contributed by atoms with E-state index in [9.17, 15) is 0 Å². The minimum Gasteiger partial charge on any atom is -0.452 e. The molecular weight excluding hydrogens is 322 g/mol. The van der Waals surface area contributed by atoms with Crippen LogP contribution in [0.25, 0.3) is 22.1 Å². The Morgan fingerprint density at radius 1 is 0.962 bits per heavy atom. The molecule has 0 radical (unpaired) electrons. The van der Waals surface area contributed by atoms with E-state index in [-0.39, 0.29) is 6.17 Å². The van der Waals surface area contributed by atoms with Crippen molar-refractivity contribution in [2.45, 2.75) is 26.9 Å². The quantitative estimate of drug-likeness (QED) is 0.455. The SMILES string of the molecule is Cc1ccc2oc3c(N4c5ccccc5N(C)[C@@H]4C)c(C)ccc3c2n1. The number of pyridine rings is 1. The van der Waals surface area contributed by atoms with Gasteiger partial charge in [-0.2, -0.15) is 0 Å². The molecule has 5 rings (SSSR count). The highest BCUT2D eigenvalue weighted by Gasteiger charge is 2.34. The van der Waals surface area contributed by atoms with Gasteiger partial charge in [0, 0.05) is 18.1 Å². The first-order valence-electron chi connectivity index (χ1n) is 8.97. The van der Waals surface area contributed by atoms with E-state index in [2.05, 4.69) is 67.1 Å². The molecule has 2 aromatic carbocycles. The summed E-state index contributed by atoms with van der Waals surface area (Å²) < 4.78 is 6.31. The number of fused-ring (bicyclic) bond motifs is 4. The monoisotopic (exact) mass is 343 g/mol. The van der Waals surface area contributed by atoms with Crippen LogP contribution in [0.4, 0.5) is 17.1 Å². The topological polar surface area (TPSA) is 32.5 Å². The van der Waals surface area contributed by atoms with Crippen molar-refractivity contribution >= 4 is 39.1 Å². The molecule has 130 valence electrons. The lowest BCUT2D eigenvalue weighted by molar-refractivity contribution is 0.660. The van der Waals surface area contributed by atoms with Gasteiger partial charge in [-0.1, -0.05) is 18.2 Å². The number of aromatic nitrogens is 1. The number of furan rings is 1. The Bertz CT molecular complexity index is 1160. The molecule has 3 heterocycles. The van der Waals surface area contributed by atoms with Crippen molar-refractivity contribution in [1.29, 1.82) is 0 Å². The number of para-hydroxylation sites is 2. The Hall–Kier alpha value is -3.01. The molecule has 0 spiro atoms. The molecule has 0 fully saturated rings. The zero-order valence-electron chi connectivity index (χ0n) is 15.4. The highest BCUT2D eigenvalue weighted by Crippen LogP contribution is 2.47. The molecule has 4 heteroatoms. The van der Waals surface area contributed by atoms with Gasteiger partial charge in [-0.15, -0.1) is 0 Å². The highest BCUT2D eigenvalue weighted by atomic mass is 16.3. The van der Waals surface area contributed by atoms with E-state index in [1.54, 1.807) is 0 Å². The molecule has 0 bridgehead atoms. The van der Waals surface area contributed by atoms with Crippen molar-refractivity contribution in [3.8, 4) is 0 Å². The van der Waals surface area contributed by atoms with Gasteiger partial charge in [-0.25, -0.2) is 4.98 Å². The van der Waals surface area contributed by atoms with Crippen LogP contribution in [0, 0.1) is 13.8 Å². The Labute approximate surface area is 152 Å². The highest BCUT2D eigenvalue weighted by molar-refractivity contribution is 6.09. The van der Waals surface area contributed by atoms with Crippen LogP contribution in [0.3, 0.4) is 0 Å². The number of aryl methyl sites for hydroxylation is 2. The van der Waals surface area contributed by atoms with E-state index in [1.807, 2.05) is 19.1 Å². The lowest BCUT2D eigenvalue weighted by atomic mass is 10.1. The minimum atomic E-state index is 0.208. The van der Waals surface area contributed by atoms with E-state index in [4.69, 9.17) is 9.40 Å². The summed E-state index contributed by atoms with van der Waals surface area (Å²) in [4.78, 5) is 9.40. The zero-order chi connectivity index (χ0) is 18.0. The van der Waals surface area contributed by atoms with Crippen LogP contribution in [0.2, 0.25) is 0 Å². The van der Waals surface area contributed by atoms with Gasteiger partial charge in [0.05, 0.1) is 17.1 Å².